The number of anilines is 1. The molecule has 1 aliphatic rings. The number of aromatic amines is 1. The minimum Gasteiger partial charge on any atom is -0.492 e. The zero-order valence-electron chi connectivity index (χ0n) is 21.5. The first-order valence-corrected chi connectivity index (χ1v) is 12.8. The second kappa shape index (κ2) is 11.1. The summed E-state index contributed by atoms with van der Waals surface area (Å²) in [5, 5.41) is 4.61. The molecule has 0 atom stereocenters. The number of pyridine rings is 2. The van der Waals surface area contributed by atoms with Crippen LogP contribution >= 0.6 is 0 Å². The number of fused-ring (bicyclic) bond motifs is 1. The Morgan fingerprint density at radius 2 is 1.89 bits per heavy atom. The van der Waals surface area contributed by atoms with Gasteiger partial charge in [-0.2, -0.15) is 0 Å². The van der Waals surface area contributed by atoms with Gasteiger partial charge in [-0.3, -0.25) is 0 Å². The van der Waals surface area contributed by atoms with Crippen molar-refractivity contribution in [1.29, 1.82) is 0 Å². The average Bonchev–Trinajstić information content (AvgIpc) is 3.33. The Bertz CT molecular complexity index is 1270. The second-order valence-corrected chi connectivity index (χ2v) is 9.98. The molecule has 2 N–H and O–H groups in total. The second-order valence-electron chi connectivity index (χ2n) is 9.98. The molecule has 0 amide bonds. The van der Waals surface area contributed by atoms with Gasteiger partial charge < -0.3 is 24.8 Å². The monoisotopic (exact) mass is 484 g/mol. The molecule has 1 fully saturated rings. The fourth-order valence-corrected chi connectivity index (χ4v) is 4.74. The quantitative estimate of drug-likeness (QED) is 0.349. The number of H-pyrrole nitrogens is 1. The lowest BCUT2D eigenvalue weighted by atomic mass is 9.93. The standard InChI is InChI=1S/C29H36N6O/c1-34(2)17-18-36-23-9-7-21(8-10-23)20-31-28-6-4-5-26(32-28)24-11-14-30-29-25(24)19-27(33-29)22-12-15-35(3)16-13-22/h4-11,14,19,22H,12-13,15-18,20H2,1-3H3,(H,30,33)(H,31,32). The predicted molar refractivity (Wildman–Crippen MR) is 147 cm³/mol. The number of likely N-dealkylation sites (tertiary alicyclic amines) is 1. The van der Waals surface area contributed by atoms with Gasteiger partial charge in [-0.1, -0.05) is 18.2 Å². The van der Waals surface area contributed by atoms with E-state index in [1.807, 2.05) is 38.5 Å². The maximum Gasteiger partial charge on any atom is 0.138 e. The first-order valence-electron chi connectivity index (χ1n) is 12.8. The summed E-state index contributed by atoms with van der Waals surface area (Å²) in [5.41, 5.74) is 5.47. The van der Waals surface area contributed by atoms with Crippen molar-refractivity contribution < 1.29 is 4.74 Å². The number of rotatable bonds is 9. The Kier molecular flexibility index (Phi) is 7.49. The third kappa shape index (κ3) is 5.86. The van der Waals surface area contributed by atoms with Gasteiger partial charge in [0.2, 0.25) is 0 Å². The highest BCUT2D eigenvalue weighted by Crippen LogP contribution is 2.33. The number of ether oxygens (including phenoxy) is 1. The smallest absolute Gasteiger partial charge is 0.138 e. The molecule has 4 aromatic rings. The summed E-state index contributed by atoms with van der Waals surface area (Å²) >= 11 is 0. The summed E-state index contributed by atoms with van der Waals surface area (Å²) in [6, 6.07) is 18.7. The Morgan fingerprint density at radius 1 is 1.08 bits per heavy atom. The lowest BCUT2D eigenvalue weighted by Gasteiger charge is -2.28. The molecule has 7 heteroatoms. The molecule has 188 valence electrons. The van der Waals surface area contributed by atoms with Crippen molar-refractivity contribution >= 4 is 16.9 Å². The van der Waals surface area contributed by atoms with Crippen LogP contribution in [0.4, 0.5) is 5.82 Å². The van der Waals surface area contributed by atoms with Crippen molar-refractivity contribution in [2.75, 3.05) is 52.7 Å². The number of nitrogens with zero attached hydrogens (tertiary/aromatic N) is 4. The fraction of sp³-hybridized carbons (Fsp3) is 0.379. The number of aromatic nitrogens is 3. The van der Waals surface area contributed by atoms with Gasteiger partial charge in [0.15, 0.2) is 0 Å². The molecule has 0 radical (unpaired) electrons. The normalized spacial score (nSPS) is 15.0. The van der Waals surface area contributed by atoms with Gasteiger partial charge in [0.25, 0.3) is 0 Å². The Balaban J connectivity index is 1.27. The summed E-state index contributed by atoms with van der Waals surface area (Å²) in [5.74, 6) is 2.32. The van der Waals surface area contributed by atoms with E-state index in [-0.39, 0.29) is 0 Å². The summed E-state index contributed by atoms with van der Waals surface area (Å²) in [6.07, 6.45) is 4.23. The molecule has 0 bridgehead atoms. The van der Waals surface area contributed by atoms with E-state index >= 15 is 0 Å². The first-order chi connectivity index (χ1) is 17.5. The van der Waals surface area contributed by atoms with Gasteiger partial charge in [0.05, 0.1) is 5.69 Å². The number of hydrogen-bond acceptors (Lipinski definition) is 6. The van der Waals surface area contributed by atoms with E-state index in [1.54, 1.807) is 0 Å². The van der Waals surface area contributed by atoms with Crippen LogP contribution in [0.5, 0.6) is 5.75 Å². The fourth-order valence-electron chi connectivity index (χ4n) is 4.74. The number of benzene rings is 1. The van der Waals surface area contributed by atoms with Crippen molar-refractivity contribution in [3.8, 4) is 17.0 Å². The molecule has 7 nitrogen and oxygen atoms in total. The zero-order chi connectivity index (χ0) is 24.9. The summed E-state index contributed by atoms with van der Waals surface area (Å²) in [6.45, 7) is 4.57. The lowest BCUT2D eigenvalue weighted by molar-refractivity contribution is 0.254. The molecule has 36 heavy (non-hydrogen) atoms. The molecule has 1 saturated heterocycles. The minimum absolute atomic E-state index is 0.564. The Labute approximate surface area is 213 Å². The van der Waals surface area contributed by atoms with E-state index in [2.05, 4.69) is 68.5 Å². The average molecular weight is 485 g/mol. The highest BCUT2D eigenvalue weighted by Gasteiger charge is 2.21. The highest BCUT2D eigenvalue weighted by molar-refractivity contribution is 5.92. The van der Waals surface area contributed by atoms with Gasteiger partial charge >= 0.3 is 0 Å². The van der Waals surface area contributed by atoms with Gasteiger partial charge in [0, 0.05) is 41.8 Å². The highest BCUT2D eigenvalue weighted by atomic mass is 16.5. The van der Waals surface area contributed by atoms with E-state index < -0.39 is 0 Å². The van der Waals surface area contributed by atoms with Crippen LogP contribution in [0.2, 0.25) is 0 Å². The topological polar surface area (TPSA) is 69.3 Å². The molecule has 0 saturated carbocycles. The molecule has 5 rings (SSSR count). The van der Waals surface area contributed by atoms with E-state index in [0.29, 0.717) is 19.1 Å². The van der Waals surface area contributed by atoms with Crippen molar-refractivity contribution in [3.63, 3.8) is 0 Å². The van der Waals surface area contributed by atoms with Crippen LogP contribution in [0.25, 0.3) is 22.3 Å². The number of nitrogens with one attached hydrogen (secondary N) is 2. The predicted octanol–water partition coefficient (Wildman–Crippen LogP) is 4.99. The Morgan fingerprint density at radius 3 is 2.67 bits per heavy atom. The largest absolute Gasteiger partial charge is 0.492 e. The minimum atomic E-state index is 0.564. The number of hydrogen-bond donors (Lipinski definition) is 2. The first kappa shape index (κ1) is 24.3. The molecule has 4 heterocycles. The molecular formula is C29H36N6O. The summed E-state index contributed by atoms with van der Waals surface area (Å²) < 4.78 is 5.80. The molecular weight excluding hydrogens is 448 g/mol. The molecule has 1 aliphatic heterocycles. The molecule has 0 spiro atoms. The van der Waals surface area contributed by atoms with Crippen molar-refractivity contribution in [2.24, 2.45) is 0 Å². The van der Waals surface area contributed by atoms with Gasteiger partial charge in [-0.25, -0.2) is 9.97 Å². The molecule has 0 unspecified atom stereocenters. The van der Waals surface area contributed by atoms with Crippen molar-refractivity contribution in [1.82, 2.24) is 24.8 Å². The molecule has 1 aromatic carbocycles. The van der Waals surface area contributed by atoms with Crippen molar-refractivity contribution in [2.45, 2.75) is 25.3 Å². The lowest BCUT2D eigenvalue weighted by Crippen LogP contribution is -2.29. The van der Waals surface area contributed by atoms with E-state index in [1.165, 1.54) is 24.1 Å². The summed E-state index contributed by atoms with van der Waals surface area (Å²) in [4.78, 5) is 17.6. The van der Waals surface area contributed by atoms with Crippen LogP contribution in [0.15, 0.2) is 60.8 Å². The van der Waals surface area contributed by atoms with E-state index in [0.717, 1.165) is 53.5 Å². The van der Waals surface area contributed by atoms with Crippen LogP contribution < -0.4 is 10.1 Å². The van der Waals surface area contributed by atoms with Crippen LogP contribution in [0, 0.1) is 0 Å². The molecule has 0 aliphatic carbocycles. The van der Waals surface area contributed by atoms with Gasteiger partial charge in [-0.05, 0) is 89.0 Å². The number of piperidine rings is 1. The van der Waals surface area contributed by atoms with Gasteiger partial charge in [0.1, 0.15) is 23.8 Å². The Hall–Kier alpha value is -3.42. The summed E-state index contributed by atoms with van der Waals surface area (Å²) in [7, 11) is 6.29. The maximum absolute atomic E-state index is 5.80. The van der Waals surface area contributed by atoms with Gasteiger partial charge in [-0.15, -0.1) is 0 Å². The van der Waals surface area contributed by atoms with Crippen LogP contribution in [0.3, 0.4) is 0 Å². The van der Waals surface area contributed by atoms with Crippen LogP contribution in [-0.4, -0.2) is 72.1 Å². The van der Waals surface area contributed by atoms with Crippen molar-refractivity contribution in [3.05, 3.63) is 72.1 Å². The van der Waals surface area contributed by atoms with Crippen LogP contribution in [0.1, 0.15) is 30.0 Å². The number of likely N-dealkylation sites (N-methyl/N-ethyl adjacent to an activating group) is 1. The van der Waals surface area contributed by atoms with Crippen LogP contribution in [-0.2, 0) is 6.54 Å². The third-order valence-corrected chi connectivity index (χ3v) is 6.94. The zero-order valence-corrected chi connectivity index (χ0v) is 21.5. The van der Waals surface area contributed by atoms with E-state index in [9.17, 15) is 0 Å². The van der Waals surface area contributed by atoms with E-state index in [4.69, 9.17) is 9.72 Å². The SMILES string of the molecule is CN(C)CCOc1ccc(CNc2cccc(-c3ccnc4[nH]c(C5CCN(C)CC5)cc34)n2)cc1. The maximum atomic E-state index is 5.80. The molecule has 3 aromatic heterocycles. The third-order valence-electron chi connectivity index (χ3n) is 6.94.